The molecule has 0 fully saturated rings. The topological polar surface area (TPSA) is 110 Å². The van der Waals surface area contributed by atoms with Crippen LogP contribution in [0.1, 0.15) is 33.5 Å². The molecule has 2 aromatic carbocycles. The number of aliphatic carboxylic acids is 1. The zero-order valence-corrected chi connectivity index (χ0v) is 19.3. The van der Waals surface area contributed by atoms with Crippen molar-refractivity contribution in [3.63, 3.8) is 0 Å². The average molecular weight is 464 g/mol. The number of carbonyl (C=O) groups excluding carboxylic acids is 1. The molecule has 8 heteroatoms. The highest BCUT2D eigenvalue weighted by atomic mass is 17.2. The van der Waals surface area contributed by atoms with Crippen molar-refractivity contribution in [3.8, 4) is 5.75 Å². The van der Waals surface area contributed by atoms with Gasteiger partial charge in [-0.2, -0.15) is 4.89 Å². The Bertz CT molecular complexity index is 1070. The zero-order valence-electron chi connectivity index (χ0n) is 19.3. The normalized spacial score (nSPS) is 11.5. The van der Waals surface area contributed by atoms with Gasteiger partial charge in [-0.25, -0.2) is 9.78 Å². The molecule has 0 aliphatic rings. The minimum Gasteiger partial charge on any atom is -0.480 e. The van der Waals surface area contributed by atoms with Crippen LogP contribution in [-0.4, -0.2) is 41.2 Å². The molecule has 1 heterocycles. The summed E-state index contributed by atoms with van der Waals surface area (Å²) in [5.74, 6) is -0.173. The number of pyridine rings is 1. The second-order valence-corrected chi connectivity index (χ2v) is 7.88. The lowest BCUT2D eigenvalue weighted by Gasteiger charge is -2.17. The molecule has 1 aromatic heterocycles. The summed E-state index contributed by atoms with van der Waals surface area (Å²) in [6.45, 7) is 4.75. The number of nitrogens with one attached hydrogen (secondary N) is 2. The Balaban J connectivity index is 1.45. The fourth-order valence-electron chi connectivity index (χ4n) is 3.44. The molecule has 0 spiro atoms. The SMILES string of the molecule is Cc1cccc(C)c1C(=O)N[C@@H](Cc1ccc(OOCCCNc2ccccn2)cc1)C(=O)O. The molecule has 0 radical (unpaired) electrons. The molecule has 178 valence electrons. The van der Waals surface area contributed by atoms with E-state index in [1.165, 1.54) is 0 Å². The molecule has 3 rings (SSSR count). The fourth-order valence-corrected chi connectivity index (χ4v) is 3.44. The lowest BCUT2D eigenvalue weighted by atomic mass is 10.0. The van der Waals surface area contributed by atoms with Crippen LogP contribution in [0.15, 0.2) is 66.9 Å². The summed E-state index contributed by atoms with van der Waals surface area (Å²) in [5.41, 5.74) is 2.86. The van der Waals surface area contributed by atoms with Gasteiger partial charge in [0.2, 0.25) is 0 Å². The van der Waals surface area contributed by atoms with Gasteiger partial charge in [0.05, 0.1) is 6.61 Å². The predicted octanol–water partition coefficient (Wildman–Crippen LogP) is 3.94. The smallest absolute Gasteiger partial charge is 0.326 e. The number of carboxylic acid groups (broad SMARTS) is 1. The third-order valence-electron chi connectivity index (χ3n) is 5.21. The molecule has 0 bridgehead atoms. The van der Waals surface area contributed by atoms with Gasteiger partial charge in [0, 0.05) is 24.7 Å². The molecule has 3 N–H and O–H groups in total. The quantitative estimate of drug-likeness (QED) is 0.212. The van der Waals surface area contributed by atoms with Gasteiger partial charge in [-0.3, -0.25) is 4.79 Å². The molecule has 0 aliphatic heterocycles. The summed E-state index contributed by atoms with van der Waals surface area (Å²) >= 11 is 0. The number of hydrogen-bond donors (Lipinski definition) is 3. The van der Waals surface area contributed by atoms with E-state index in [4.69, 9.17) is 9.78 Å². The van der Waals surface area contributed by atoms with Gasteiger partial charge in [-0.15, -0.1) is 0 Å². The standard InChI is InChI=1S/C26H29N3O5/c1-18-7-5-8-19(2)24(18)25(30)29-22(26(31)32)17-20-10-12-21(13-11-20)34-33-16-6-15-28-23-9-3-4-14-27-23/h3-5,7-14,22H,6,15-17H2,1-2H3,(H,27,28)(H,29,30)(H,31,32)/t22-/m0/s1. The molecule has 0 unspecified atom stereocenters. The lowest BCUT2D eigenvalue weighted by Crippen LogP contribution is -2.42. The van der Waals surface area contributed by atoms with Gasteiger partial charge in [0.15, 0.2) is 5.75 Å². The summed E-state index contributed by atoms with van der Waals surface area (Å²) in [4.78, 5) is 39.2. The van der Waals surface area contributed by atoms with Crippen LogP contribution in [0.25, 0.3) is 0 Å². The van der Waals surface area contributed by atoms with Gasteiger partial charge in [0.25, 0.3) is 5.91 Å². The summed E-state index contributed by atoms with van der Waals surface area (Å²) in [6.07, 6.45) is 2.60. The van der Waals surface area contributed by atoms with Gasteiger partial charge < -0.3 is 20.6 Å². The minimum absolute atomic E-state index is 0.145. The first kappa shape index (κ1) is 24.7. The maximum absolute atomic E-state index is 12.7. The molecule has 0 saturated carbocycles. The summed E-state index contributed by atoms with van der Waals surface area (Å²) in [5, 5.41) is 15.4. The van der Waals surface area contributed by atoms with E-state index in [1.807, 2.05) is 50.2 Å². The van der Waals surface area contributed by atoms with Gasteiger partial charge >= 0.3 is 5.97 Å². The Labute approximate surface area is 198 Å². The van der Waals surface area contributed by atoms with E-state index in [0.717, 1.165) is 28.9 Å². The van der Waals surface area contributed by atoms with Crippen molar-refractivity contribution in [2.24, 2.45) is 0 Å². The van der Waals surface area contributed by atoms with Gasteiger partial charge in [0.1, 0.15) is 11.9 Å². The van der Waals surface area contributed by atoms with E-state index in [2.05, 4.69) is 15.6 Å². The Morgan fingerprint density at radius 2 is 1.74 bits per heavy atom. The third-order valence-corrected chi connectivity index (χ3v) is 5.21. The molecule has 0 saturated heterocycles. The highest BCUT2D eigenvalue weighted by molar-refractivity contribution is 5.99. The van der Waals surface area contributed by atoms with Crippen molar-refractivity contribution < 1.29 is 24.5 Å². The van der Waals surface area contributed by atoms with Crippen LogP contribution >= 0.6 is 0 Å². The Kier molecular flexibility index (Phi) is 8.99. The summed E-state index contributed by atoms with van der Waals surface area (Å²) in [6, 6.07) is 17.0. The highest BCUT2D eigenvalue weighted by Crippen LogP contribution is 2.16. The van der Waals surface area contributed by atoms with Crippen LogP contribution < -0.4 is 15.5 Å². The number of benzene rings is 2. The van der Waals surface area contributed by atoms with E-state index in [-0.39, 0.29) is 6.42 Å². The van der Waals surface area contributed by atoms with Crippen molar-refractivity contribution in [2.75, 3.05) is 18.5 Å². The predicted molar refractivity (Wildman–Crippen MR) is 129 cm³/mol. The number of carbonyl (C=O) groups is 2. The van der Waals surface area contributed by atoms with Crippen LogP contribution in [0, 0.1) is 13.8 Å². The number of anilines is 1. The number of aryl methyl sites for hydroxylation is 2. The Morgan fingerprint density at radius 1 is 1.00 bits per heavy atom. The number of amides is 1. The number of hydrogen-bond acceptors (Lipinski definition) is 6. The van der Waals surface area contributed by atoms with E-state index >= 15 is 0 Å². The van der Waals surface area contributed by atoms with E-state index < -0.39 is 17.9 Å². The van der Waals surface area contributed by atoms with Crippen LogP contribution in [0.4, 0.5) is 5.82 Å². The molecular formula is C26H29N3O5. The number of nitrogens with zero attached hydrogens (tertiary/aromatic N) is 1. The highest BCUT2D eigenvalue weighted by Gasteiger charge is 2.22. The van der Waals surface area contributed by atoms with Crippen molar-refractivity contribution in [1.29, 1.82) is 0 Å². The van der Waals surface area contributed by atoms with Crippen molar-refractivity contribution in [2.45, 2.75) is 32.7 Å². The first-order valence-corrected chi connectivity index (χ1v) is 11.1. The first-order valence-electron chi connectivity index (χ1n) is 11.1. The average Bonchev–Trinajstić information content (AvgIpc) is 2.82. The van der Waals surface area contributed by atoms with Crippen molar-refractivity contribution in [1.82, 2.24) is 10.3 Å². The largest absolute Gasteiger partial charge is 0.480 e. The number of aromatic nitrogens is 1. The second-order valence-electron chi connectivity index (χ2n) is 7.88. The lowest BCUT2D eigenvalue weighted by molar-refractivity contribution is -0.206. The van der Waals surface area contributed by atoms with Crippen molar-refractivity contribution in [3.05, 3.63) is 89.1 Å². The molecule has 3 aromatic rings. The number of carboxylic acids is 1. The first-order chi connectivity index (χ1) is 16.4. The van der Waals surface area contributed by atoms with Crippen LogP contribution in [-0.2, 0) is 16.1 Å². The zero-order chi connectivity index (χ0) is 24.3. The minimum atomic E-state index is -1.09. The Morgan fingerprint density at radius 3 is 2.38 bits per heavy atom. The second kappa shape index (κ2) is 12.4. The van der Waals surface area contributed by atoms with Crippen LogP contribution in [0.2, 0.25) is 0 Å². The maximum Gasteiger partial charge on any atom is 0.326 e. The molecule has 34 heavy (non-hydrogen) atoms. The Hall–Kier alpha value is -3.91. The summed E-state index contributed by atoms with van der Waals surface area (Å²) < 4.78 is 0. The third kappa shape index (κ3) is 7.31. The van der Waals surface area contributed by atoms with Gasteiger partial charge in [-0.1, -0.05) is 36.4 Å². The monoisotopic (exact) mass is 463 g/mol. The van der Waals surface area contributed by atoms with E-state index in [9.17, 15) is 14.7 Å². The molecule has 1 amide bonds. The van der Waals surface area contributed by atoms with Crippen LogP contribution in [0.5, 0.6) is 5.75 Å². The van der Waals surface area contributed by atoms with Gasteiger partial charge in [-0.05, 0) is 61.2 Å². The van der Waals surface area contributed by atoms with Crippen LogP contribution in [0.3, 0.4) is 0 Å². The molecule has 1 atom stereocenters. The van der Waals surface area contributed by atoms with Crippen molar-refractivity contribution >= 4 is 17.7 Å². The fraction of sp³-hybridized carbons (Fsp3) is 0.269. The molecular weight excluding hydrogens is 434 g/mol. The molecule has 8 nitrogen and oxygen atoms in total. The maximum atomic E-state index is 12.7. The molecule has 0 aliphatic carbocycles. The summed E-state index contributed by atoms with van der Waals surface area (Å²) in [7, 11) is 0. The number of rotatable bonds is 12. The van der Waals surface area contributed by atoms with E-state index in [0.29, 0.717) is 24.5 Å². The van der Waals surface area contributed by atoms with E-state index in [1.54, 1.807) is 30.5 Å².